The van der Waals surface area contributed by atoms with E-state index in [9.17, 15) is 4.79 Å². The fourth-order valence-corrected chi connectivity index (χ4v) is 2.98. The Morgan fingerprint density at radius 1 is 1.50 bits per heavy atom. The molecular formula is C13H11N3O3S. The van der Waals surface area contributed by atoms with Gasteiger partial charge in [-0.15, -0.1) is 11.3 Å². The van der Waals surface area contributed by atoms with E-state index in [0.717, 1.165) is 22.3 Å². The summed E-state index contributed by atoms with van der Waals surface area (Å²) in [4.78, 5) is 20.5. The van der Waals surface area contributed by atoms with Crippen molar-refractivity contribution < 1.29 is 14.3 Å². The molecule has 0 atom stereocenters. The number of hydrogen-bond acceptors (Lipinski definition) is 6. The highest BCUT2D eigenvalue weighted by Crippen LogP contribution is 2.33. The minimum absolute atomic E-state index is 0.298. The van der Waals surface area contributed by atoms with Crippen LogP contribution in [0.2, 0.25) is 0 Å². The molecule has 0 aliphatic carbocycles. The van der Waals surface area contributed by atoms with Gasteiger partial charge in [0.25, 0.3) is 0 Å². The van der Waals surface area contributed by atoms with Gasteiger partial charge in [0.2, 0.25) is 0 Å². The van der Waals surface area contributed by atoms with Crippen LogP contribution < -0.4 is 5.32 Å². The fraction of sp³-hybridized carbons (Fsp3) is 0.154. The number of carboxylic acid groups (broad SMARTS) is 1. The predicted molar refractivity (Wildman–Crippen MR) is 75.1 cm³/mol. The summed E-state index contributed by atoms with van der Waals surface area (Å²) in [5, 5.41) is 13.1. The van der Waals surface area contributed by atoms with Crippen molar-refractivity contribution in [1.29, 1.82) is 0 Å². The maximum absolute atomic E-state index is 11.2. The molecule has 3 rings (SSSR count). The molecule has 6 nitrogen and oxygen atoms in total. The third-order valence-corrected chi connectivity index (χ3v) is 4.15. The lowest BCUT2D eigenvalue weighted by molar-refractivity contribution is 0.0701. The van der Waals surface area contributed by atoms with Gasteiger partial charge in [-0.1, -0.05) is 0 Å². The van der Waals surface area contributed by atoms with Crippen LogP contribution in [0.5, 0.6) is 0 Å². The third kappa shape index (κ3) is 2.12. The first kappa shape index (κ1) is 12.6. The normalized spacial score (nSPS) is 10.8. The van der Waals surface area contributed by atoms with E-state index in [0.29, 0.717) is 27.6 Å². The summed E-state index contributed by atoms with van der Waals surface area (Å²) >= 11 is 1.16. The molecule has 3 aromatic rings. The summed E-state index contributed by atoms with van der Waals surface area (Å²) < 4.78 is 5.00. The second kappa shape index (κ2) is 4.93. The van der Waals surface area contributed by atoms with Crippen molar-refractivity contribution in [3.05, 3.63) is 40.9 Å². The molecule has 0 radical (unpaired) electrons. The van der Waals surface area contributed by atoms with Crippen molar-refractivity contribution in [2.24, 2.45) is 0 Å². The molecule has 0 amide bonds. The lowest BCUT2D eigenvalue weighted by atomic mass is 10.2. The number of thiophene rings is 1. The quantitative estimate of drug-likeness (QED) is 0.767. The van der Waals surface area contributed by atoms with Crippen molar-refractivity contribution in [2.75, 3.05) is 5.32 Å². The Morgan fingerprint density at radius 3 is 3.05 bits per heavy atom. The van der Waals surface area contributed by atoms with Crippen LogP contribution >= 0.6 is 11.3 Å². The van der Waals surface area contributed by atoms with Crippen molar-refractivity contribution in [3.63, 3.8) is 0 Å². The van der Waals surface area contributed by atoms with Crippen molar-refractivity contribution >= 4 is 33.3 Å². The summed E-state index contributed by atoms with van der Waals surface area (Å²) in [6.45, 7) is 2.33. The van der Waals surface area contributed by atoms with Gasteiger partial charge in [0.05, 0.1) is 17.9 Å². The third-order valence-electron chi connectivity index (χ3n) is 2.96. The molecule has 2 N–H and O–H groups in total. The Hall–Kier alpha value is -2.41. The maximum Gasteiger partial charge on any atom is 0.346 e. The zero-order valence-electron chi connectivity index (χ0n) is 10.6. The first-order chi connectivity index (χ1) is 9.66. The second-order valence-electron chi connectivity index (χ2n) is 4.25. The topological polar surface area (TPSA) is 88.2 Å². The van der Waals surface area contributed by atoms with Crippen LogP contribution in [0.15, 0.2) is 29.3 Å². The van der Waals surface area contributed by atoms with Gasteiger partial charge >= 0.3 is 5.97 Å². The average Bonchev–Trinajstić information content (AvgIpc) is 3.05. The van der Waals surface area contributed by atoms with E-state index in [-0.39, 0.29) is 0 Å². The number of anilines is 1. The molecule has 0 aliphatic heterocycles. The molecule has 0 unspecified atom stereocenters. The van der Waals surface area contributed by atoms with Crippen LogP contribution in [-0.2, 0) is 6.54 Å². The van der Waals surface area contributed by atoms with Crippen LogP contribution in [0.25, 0.3) is 10.2 Å². The zero-order valence-corrected chi connectivity index (χ0v) is 11.4. The minimum atomic E-state index is -0.939. The molecule has 0 fully saturated rings. The van der Waals surface area contributed by atoms with Gasteiger partial charge in [0.15, 0.2) is 0 Å². The SMILES string of the molecule is Cc1c(C(=O)O)sc2ncnc(NCc3ccoc3)c12. The predicted octanol–water partition coefficient (Wildman–Crippen LogP) is 2.90. The Kier molecular flexibility index (Phi) is 3.11. The highest BCUT2D eigenvalue weighted by molar-refractivity contribution is 7.20. The summed E-state index contributed by atoms with van der Waals surface area (Å²) in [5.41, 5.74) is 1.68. The molecule has 0 spiro atoms. The molecule has 20 heavy (non-hydrogen) atoms. The molecule has 0 bridgehead atoms. The number of carboxylic acids is 1. The number of aromatic carboxylic acids is 1. The van der Waals surface area contributed by atoms with Crippen LogP contribution in [-0.4, -0.2) is 21.0 Å². The van der Waals surface area contributed by atoms with Gasteiger partial charge in [-0.3, -0.25) is 0 Å². The summed E-state index contributed by atoms with van der Waals surface area (Å²) in [7, 11) is 0. The molecular weight excluding hydrogens is 278 g/mol. The average molecular weight is 289 g/mol. The summed E-state index contributed by atoms with van der Waals surface area (Å²) in [6.07, 6.45) is 4.68. The number of fused-ring (bicyclic) bond motifs is 1. The molecule has 0 aromatic carbocycles. The zero-order chi connectivity index (χ0) is 14.1. The van der Waals surface area contributed by atoms with E-state index in [1.807, 2.05) is 6.07 Å². The number of aryl methyl sites for hydroxylation is 1. The lowest BCUT2D eigenvalue weighted by Crippen LogP contribution is -2.02. The van der Waals surface area contributed by atoms with Gasteiger partial charge in [0.1, 0.15) is 21.9 Å². The van der Waals surface area contributed by atoms with E-state index < -0.39 is 5.97 Å². The number of nitrogens with zero attached hydrogens (tertiary/aromatic N) is 2. The molecule has 7 heteroatoms. The number of hydrogen-bond donors (Lipinski definition) is 2. The number of carbonyl (C=O) groups is 1. The van der Waals surface area contributed by atoms with E-state index in [2.05, 4.69) is 15.3 Å². The summed E-state index contributed by atoms with van der Waals surface area (Å²) in [6, 6.07) is 1.86. The molecule has 0 saturated heterocycles. The first-order valence-corrected chi connectivity index (χ1v) is 6.71. The van der Waals surface area contributed by atoms with Crippen LogP contribution in [0, 0.1) is 6.92 Å². The fourth-order valence-electron chi connectivity index (χ4n) is 1.99. The van der Waals surface area contributed by atoms with Crippen molar-refractivity contribution in [1.82, 2.24) is 9.97 Å². The minimum Gasteiger partial charge on any atom is -0.477 e. The Morgan fingerprint density at radius 2 is 2.35 bits per heavy atom. The van der Waals surface area contributed by atoms with Crippen LogP contribution in [0.3, 0.4) is 0 Å². The molecule has 0 saturated carbocycles. The van der Waals surface area contributed by atoms with Gasteiger partial charge < -0.3 is 14.8 Å². The molecule has 3 aromatic heterocycles. The highest BCUT2D eigenvalue weighted by Gasteiger charge is 2.18. The van der Waals surface area contributed by atoms with E-state index in [1.165, 1.54) is 6.33 Å². The Bertz CT molecular complexity index is 765. The van der Waals surface area contributed by atoms with Crippen molar-refractivity contribution in [3.8, 4) is 0 Å². The smallest absolute Gasteiger partial charge is 0.346 e. The van der Waals surface area contributed by atoms with Gasteiger partial charge in [0, 0.05) is 12.1 Å². The lowest BCUT2D eigenvalue weighted by Gasteiger charge is -2.05. The van der Waals surface area contributed by atoms with Crippen molar-refractivity contribution in [2.45, 2.75) is 13.5 Å². The molecule has 102 valence electrons. The Balaban J connectivity index is 2.00. The van der Waals surface area contributed by atoms with E-state index in [4.69, 9.17) is 9.52 Å². The number of furan rings is 1. The van der Waals surface area contributed by atoms with Gasteiger partial charge in [-0.25, -0.2) is 14.8 Å². The first-order valence-electron chi connectivity index (χ1n) is 5.89. The van der Waals surface area contributed by atoms with Crippen LogP contribution in [0.4, 0.5) is 5.82 Å². The second-order valence-corrected chi connectivity index (χ2v) is 5.25. The molecule has 0 aliphatic rings. The Labute approximate surface area is 118 Å². The van der Waals surface area contributed by atoms with Crippen LogP contribution in [0.1, 0.15) is 20.8 Å². The van der Waals surface area contributed by atoms with E-state index in [1.54, 1.807) is 19.5 Å². The monoisotopic (exact) mass is 289 g/mol. The highest BCUT2D eigenvalue weighted by atomic mass is 32.1. The molecule has 3 heterocycles. The number of rotatable bonds is 4. The van der Waals surface area contributed by atoms with E-state index >= 15 is 0 Å². The number of aromatic nitrogens is 2. The summed E-state index contributed by atoms with van der Waals surface area (Å²) in [5.74, 6) is -0.302. The number of nitrogens with one attached hydrogen (secondary N) is 1. The van der Waals surface area contributed by atoms with Gasteiger partial charge in [-0.2, -0.15) is 0 Å². The standard InChI is InChI=1S/C13H11N3O3S/c1-7-9-11(14-4-8-2-3-19-5-8)15-6-16-12(9)20-10(7)13(17)18/h2-3,5-6H,4H2,1H3,(H,17,18)(H,14,15,16). The van der Waals surface area contributed by atoms with Gasteiger partial charge in [-0.05, 0) is 18.6 Å². The largest absolute Gasteiger partial charge is 0.477 e. The maximum atomic E-state index is 11.2.